The van der Waals surface area contributed by atoms with Crippen LogP contribution in [-0.4, -0.2) is 12.6 Å². The highest BCUT2D eigenvalue weighted by Gasteiger charge is 2.32. The Hall–Kier alpha value is -1.44. The second kappa shape index (κ2) is 4.10. The van der Waals surface area contributed by atoms with Crippen molar-refractivity contribution >= 4 is 11.8 Å². The van der Waals surface area contributed by atoms with Gasteiger partial charge >= 0.3 is 0 Å². The summed E-state index contributed by atoms with van der Waals surface area (Å²) in [7, 11) is 1.74. The van der Waals surface area contributed by atoms with E-state index in [9.17, 15) is 0 Å². The molecule has 3 rings (SSSR count). The van der Waals surface area contributed by atoms with Gasteiger partial charge in [0.1, 0.15) is 5.75 Å². The monoisotopic (exact) mass is 229 g/mol. The molecule has 1 heterocycles. The molecule has 1 saturated carbocycles. The fourth-order valence-corrected chi connectivity index (χ4v) is 3.01. The van der Waals surface area contributed by atoms with Gasteiger partial charge in [-0.25, -0.2) is 0 Å². The van der Waals surface area contributed by atoms with Crippen molar-refractivity contribution in [2.75, 3.05) is 12.4 Å². The Balaban J connectivity index is 1.98. The van der Waals surface area contributed by atoms with Crippen molar-refractivity contribution in [3.8, 4) is 5.75 Å². The van der Waals surface area contributed by atoms with Crippen molar-refractivity contribution in [2.45, 2.75) is 37.6 Å². The molecule has 1 spiro atoms. The molecule has 0 amide bonds. The van der Waals surface area contributed by atoms with Gasteiger partial charge in [0.05, 0.1) is 18.3 Å². The molecule has 0 unspecified atom stereocenters. The SMILES string of the molecule is COc1cccc2c1NC1(C=C2)CCCCC1. The molecule has 2 aliphatic rings. The van der Waals surface area contributed by atoms with E-state index in [1.165, 1.54) is 43.4 Å². The minimum Gasteiger partial charge on any atom is -0.495 e. The number of anilines is 1. The summed E-state index contributed by atoms with van der Waals surface area (Å²) in [5.41, 5.74) is 2.58. The molecule has 90 valence electrons. The summed E-state index contributed by atoms with van der Waals surface area (Å²) >= 11 is 0. The van der Waals surface area contributed by atoms with Gasteiger partial charge in [0.25, 0.3) is 0 Å². The van der Waals surface area contributed by atoms with Crippen LogP contribution in [0.2, 0.25) is 0 Å². The summed E-state index contributed by atoms with van der Waals surface area (Å²) < 4.78 is 5.45. The number of nitrogens with one attached hydrogen (secondary N) is 1. The summed E-state index contributed by atoms with van der Waals surface area (Å²) in [5.74, 6) is 0.955. The molecule has 2 heteroatoms. The number of fused-ring (bicyclic) bond motifs is 1. The highest BCUT2D eigenvalue weighted by atomic mass is 16.5. The second-order valence-electron chi connectivity index (χ2n) is 5.10. The smallest absolute Gasteiger partial charge is 0.142 e. The lowest BCUT2D eigenvalue weighted by Crippen LogP contribution is -2.39. The van der Waals surface area contributed by atoms with Gasteiger partial charge in [-0.1, -0.05) is 43.5 Å². The van der Waals surface area contributed by atoms with Crippen LogP contribution in [0.3, 0.4) is 0 Å². The number of para-hydroxylation sites is 1. The van der Waals surface area contributed by atoms with E-state index in [4.69, 9.17) is 4.74 Å². The van der Waals surface area contributed by atoms with Crippen LogP contribution in [0.15, 0.2) is 24.3 Å². The first-order valence-corrected chi connectivity index (χ1v) is 6.47. The lowest BCUT2D eigenvalue weighted by molar-refractivity contribution is 0.378. The van der Waals surface area contributed by atoms with E-state index in [0.29, 0.717) is 0 Å². The maximum absolute atomic E-state index is 5.45. The molecule has 0 aromatic heterocycles. The molecule has 17 heavy (non-hydrogen) atoms. The molecule has 0 bridgehead atoms. The average Bonchev–Trinajstić information content (AvgIpc) is 2.39. The van der Waals surface area contributed by atoms with Gasteiger partial charge in [-0.3, -0.25) is 0 Å². The number of ether oxygens (including phenoxy) is 1. The zero-order valence-electron chi connectivity index (χ0n) is 10.3. The summed E-state index contributed by atoms with van der Waals surface area (Å²) in [6.07, 6.45) is 11.1. The van der Waals surface area contributed by atoms with Gasteiger partial charge in [-0.05, 0) is 18.9 Å². The average molecular weight is 229 g/mol. The largest absolute Gasteiger partial charge is 0.495 e. The van der Waals surface area contributed by atoms with Crippen molar-refractivity contribution in [3.05, 3.63) is 29.8 Å². The van der Waals surface area contributed by atoms with Crippen molar-refractivity contribution in [1.82, 2.24) is 0 Å². The van der Waals surface area contributed by atoms with E-state index in [-0.39, 0.29) is 5.54 Å². The van der Waals surface area contributed by atoms with Crippen LogP contribution < -0.4 is 10.1 Å². The lowest BCUT2D eigenvalue weighted by atomic mass is 9.79. The Morgan fingerprint density at radius 2 is 2.00 bits per heavy atom. The van der Waals surface area contributed by atoms with E-state index in [0.717, 1.165) is 5.75 Å². The number of hydrogen-bond donors (Lipinski definition) is 1. The van der Waals surface area contributed by atoms with Gasteiger partial charge in [-0.2, -0.15) is 0 Å². The Kier molecular flexibility index (Phi) is 2.58. The first-order chi connectivity index (χ1) is 8.33. The first-order valence-electron chi connectivity index (χ1n) is 6.47. The fourth-order valence-electron chi connectivity index (χ4n) is 3.01. The summed E-state index contributed by atoms with van der Waals surface area (Å²) in [5, 5.41) is 3.72. The second-order valence-corrected chi connectivity index (χ2v) is 5.10. The highest BCUT2D eigenvalue weighted by Crippen LogP contribution is 2.41. The van der Waals surface area contributed by atoms with Crippen molar-refractivity contribution < 1.29 is 4.74 Å². The molecule has 0 atom stereocenters. The molecular weight excluding hydrogens is 210 g/mol. The van der Waals surface area contributed by atoms with E-state index >= 15 is 0 Å². The minimum atomic E-state index is 0.180. The molecule has 0 saturated heterocycles. The summed E-state index contributed by atoms with van der Waals surface area (Å²) in [6.45, 7) is 0. The summed E-state index contributed by atoms with van der Waals surface area (Å²) in [4.78, 5) is 0. The van der Waals surface area contributed by atoms with E-state index in [2.05, 4.69) is 23.5 Å². The predicted octanol–water partition coefficient (Wildman–Crippen LogP) is 3.84. The quantitative estimate of drug-likeness (QED) is 0.790. The van der Waals surface area contributed by atoms with Gasteiger partial charge in [0, 0.05) is 5.56 Å². The van der Waals surface area contributed by atoms with Crippen molar-refractivity contribution in [2.24, 2.45) is 0 Å². The van der Waals surface area contributed by atoms with Crippen LogP contribution in [0.1, 0.15) is 37.7 Å². The molecule has 1 N–H and O–H groups in total. The number of rotatable bonds is 1. The molecule has 0 radical (unpaired) electrons. The maximum Gasteiger partial charge on any atom is 0.142 e. The Morgan fingerprint density at radius 3 is 2.76 bits per heavy atom. The summed E-state index contributed by atoms with van der Waals surface area (Å²) in [6, 6.07) is 6.21. The Labute approximate surface area is 103 Å². The van der Waals surface area contributed by atoms with Crippen LogP contribution in [0, 0.1) is 0 Å². The Morgan fingerprint density at radius 1 is 1.18 bits per heavy atom. The number of hydrogen-bond acceptors (Lipinski definition) is 2. The van der Waals surface area contributed by atoms with Gasteiger partial charge in [0.2, 0.25) is 0 Å². The topological polar surface area (TPSA) is 21.3 Å². The van der Waals surface area contributed by atoms with Gasteiger partial charge < -0.3 is 10.1 Å². The number of benzene rings is 1. The number of methoxy groups -OCH3 is 1. The van der Waals surface area contributed by atoms with Crippen molar-refractivity contribution in [3.63, 3.8) is 0 Å². The zero-order chi connectivity index (χ0) is 11.7. The fraction of sp³-hybridized carbons (Fsp3) is 0.467. The van der Waals surface area contributed by atoms with Crippen LogP contribution >= 0.6 is 0 Å². The third kappa shape index (κ3) is 1.82. The Bertz CT molecular complexity index is 444. The van der Waals surface area contributed by atoms with E-state index < -0.39 is 0 Å². The molecule has 2 nitrogen and oxygen atoms in total. The molecule has 1 aromatic carbocycles. The van der Waals surface area contributed by atoms with Gasteiger partial charge in [0.15, 0.2) is 0 Å². The lowest BCUT2D eigenvalue weighted by Gasteiger charge is -2.39. The van der Waals surface area contributed by atoms with E-state index in [1.807, 2.05) is 12.1 Å². The van der Waals surface area contributed by atoms with Crippen LogP contribution in [-0.2, 0) is 0 Å². The standard InChI is InChI=1S/C15H19NO/c1-17-13-7-5-6-12-8-11-15(16-14(12)13)9-3-2-4-10-15/h5-8,11,16H,2-4,9-10H2,1H3. The van der Waals surface area contributed by atoms with Crippen LogP contribution in [0.25, 0.3) is 6.08 Å². The zero-order valence-corrected chi connectivity index (χ0v) is 10.3. The normalized spacial score (nSPS) is 20.8. The minimum absolute atomic E-state index is 0.180. The molecule has 1 aliphatic carbocycles. The van der Waals surface area contributed by atoms with Crippen LogP contribution in [0.4, 0.5) is 5.69 Å². The maximum atomic E-state index is 5.45. The molecule has 1 aromatic rings. The molecule has 1 aliphatic heterocycles. The van der Waals surface area contributed by atoms with Crippen molar-refractivity contribution in [1.29, 1.82) is 0 Å². The van der Waals surface area contributed by atoms with Gasteiger partial charge in [-0.15, -0.1) is 0 Å². The van der Waals surface area contributed by atoms with Crippen LogP contribution in [0.5, 0.6) is 5.75 Å². The first kappa shape index (κ1) is 10.7. The third-order valence-electron chi connectivity index (χ3n) is 3.98. The highest BCUT2D eigenvalue weighted by molar-refractivity contribution is 5.77. The molecule has 1 fully saturated rings. The third-order valence-corrected chi connectivity index (χ3v) is 3.98. The predicted molar refractivity (Wildman–Crippen MR) is 71.5 cm³/mol. The molecular formula is C15H19NO. The van der Waals surface area contributed by atoms with E-state index in [1.54, 1.807) is 7.11 Å².